The average Bonchev–Trinajstić information content (AvgIpc) is 2.81. The van der Waals surface area contributed by atoms with Gasteiger partial charge < -0.3 is 5.73 Å². The highest BCUT2D eigenvalue weighted by molar-refractivity contribution is 5.15. The number of fused-ring (bicyclic) bond motifs is 1. The molecule has 1 saturated heterocycles. The highest BCUT2D eigenvalue weighted by Crippen LogP contribution is 2.54. The molecule has 2 atom stereocenters. The Hall–Kier alpha value is -0.860. The van der Waals surface area contributed by atoms with Crippen molar-refractivity contribution in [2.75, 3.05) is 19.6 Å². The molecule has 1 aromatic carbocycles. The first-order chi connectivity index (χ1) is 8.38. The van der Waals surface area contributed by atoms with E-state index >= 15 is 0 Å². The Labute approximate surface area is 104 Å². The average molecular weight is 230 g/mol. The molecule has 1 aromatic rings. The molecule has 3 rings (SSSR count). The van der Waals surface area contributed by atoms with Crippen molar-refractivity contribution < 1.29 is 0 Å². The monoisotopic (exact) mass is 230 g/mol. The van der Waals surface area contributed by atoms with E-state index in [-0.39, 0.29) is 0 Å². The van der Waals surface area contributed by atoms with Crippen LogP contribution in [0.5, 0.6) is 0 Å². The van der Waals surface area contributed by atoms with E-state index in [4.69, 9.17) is 5.73 Å². The summed E-state index contributed by atoms with van der Waals surface area (Å²) < 4.78 is 0. The van der Waals surface area contributed by atoms with Crippen molar-refractivity contribution in [1.29, 1.82) is 0 Å². The van der Waals surface area contributed by atoms with Gasteiger partial charge in [0.05, 0.1) is 0 Å². The van der Waals surface area contributed by atoms with Crippen molar-refractivity contribution in [3.8, 4) is 0 Å². The molecule has 2 fully saturated rings. The Morgan fingerprint density at radius 1 is 1.12 bits per heavy atom. The minimum atomic E-state index is 0.865. The van der Waals surface area contributed by atoms with Crippen molar-refractivity contribution in [2.24, 2.45) is 23.5 Å². The van der Waals surface area contributed by atoms with E-state index in [1.807, 2.05) is 0 Å². The number of nitrogens with zero attached hydrogens (tertiary/aromatic N) is 1. The van der Waals surface area contributed by atoms with Crippen LogP contribution in [-0.2, 0) is 6.54 Å². The molecule has 0 aromatic heterocycles. The van der Waals surface area contributed by atoms with Gasteiger partial charge in [0.2, 0.25) is 0 Å². The number of benzene rings is 1. The third-order valence-corrected chi connectivity index (χ3v) is 4.44. The minimum Gasteiger partial charge on any atom is -0.330 e. The maximum Gasteiger partial charge on any atom is 0.0233 e. The van der Waals surface area contributed by atoms with Gasteiger partial charge in [0.15, 0.2) is 0 Å². The lowest BCUT2D eigenvalue weighted by molar-refractivity contribution is 0.273. The molecular weight excluding hydrogens is 208 g/mol. The van der Waals surface area contributed by atoms with Gasteiger partial charge in [-0.15, -0.1) is 0 Å². The fourth-order valence-electron chi connectivity index (χ4n) is 3.49. The van der Waals surface area contributed by atoms with Gasteiger partial charge in [-0.25, -0.2) is 0 Å². The van der Waals surface area contributed by atoms with E-state index in [2.05, 4.69) is 35.2 Å². The zero-order valence-corrected chi connectivity index (χ0v) is 10.4. The summed E-state index contributed by atoms with van der Waals surface area (Å²) in [6, 6.07) is 10.8. The van der Waals surface area contributed by atoms with E-state index in [9.17, 15) is 0 Å². The van der Waals surface area contributed by atoms with Crippen molar-refractivity contribution in [3.05, 3.63) is 35.9 Å². The summed E-state index contributed by atoms with van der Waals surface area (Å²) in [7, 11) is 0. The van der Waals surface area contributed by atoms with Gasteiger partial charge in [-0.05, 0) is 42.7 Å². The predicted molar refractivity (Wildman–Crippen MR) is 70.5 cm³/mol. The summed E-state index contributed by atoms with van der Waals surface area (Å²) in [6.07, 6.45) is 2.58. The van der Waals surface area contributed by atoms with Crippen LogP contribution in [0.3, 0.4) is 0 Å². The lowest BCUT2D eigenvalue weighted by atomic mass is 10.1. The summed E-state index contributed by atoms with van der Waals surface area (Å²) in [5.41, 5.74) is 7.03. The number of rotatable bonds is 5. The number of piperidine rings is 1. The molecule has 1 saturated carbocycles. The molecule has 92 valence electrons. The normalized spacial score (nSPS) is 31.5. The largest absolute Gasteiger partial charge is 0.330 e. The molecule has 2 aliphatic rings. The van der Waals surface area contributed by atoms with Crippen LogP contribution in [0.15, 0.2) is 30.3 Å². The molecule has 1 aliphatic heterocycles. The Balaban J connectivity index is 1.46. The lowest BCUT2D eigenvalue weighted by Crippen LogP contribution is -2.24. The first-order valence-electron chi connectivity index (χ1n) is 6.85. The molecule has 0 amide bonds. The second kappa shape index (κ2) is 4.79. The topological polar surface area (TPSA) is 29.3 Å². The van der Waals surface area contributed by atoms with E-state index < -0.39 is 0 Å². The fourth-order valence-corrected chi connectivity index (χ4v) is 3.49. The molecule has 2 nitrogen and oxygen atoms in total. The molecule has 2 heteroatoms. The van der Waals surface area contributed by atoms with Crippen LogP contribution in [0.25, 0.3) is 0 Å². The zero-order chi connectivity index (χ0) is 11.7. The molecule has 0 radical (unpaired) electrons. The highest BCUT2D eigenvalue weighted by Gasteiger charge is 2.54. The number of hydrogen-bond acceptors (Lipinski definition) is 2. The van der Waals surface area contributed by atoms with E-state index in [1.54, 1.807) is 0 Å². The second-order valence-corrected chi connectivity index (χ2v) is 5.60. The standard InChI is InChI=1S/C15H22N2/c16-8-4-7-13-14-10-17(11-15(13)14)9-12-5-2-1-3-6-12/h1-3,5-6,13-15H,4,7-11,16H2. The highest BCUT2D eigenvalue weighted by atomic mass is 15.2. The van der Waals surface area contributed by atoms with Crippen molar-refractivity contribution in [1.82, 2.24) is 4.90 Å². The molecule has 17 heavy (non-hydrogen) atoms. The Morgan fingerprint density at radius 2 is 1.82 bits per heavy atom. The first-order valence-corrected chi connectivity index (χ1v) is 6.85. The van der Waals surface area contributed by atoms with Gasteiger partial charge >= 0.3 is 0 Å². The molecule has 2 unspecified atom stereocenters. The summed E-state index contributed by atoms with van der Waals surface area (Å²) >= 11 is 0. The van der Waals surface area contributed by atoms with Crippen LogP contribution in [0.4, 0.5) is 0 Å². The third kappa shape index (κ3) is 2.38. The van der Waals surface area contributed by atoms with Crippen molar-refractivity contribution in [2.45, 2.75) is 19.4 Å². The van der Waals surface area contributed by atoms with Gasteiger partial charge in [-0.2, -0.15) is 0 Å². The van der Waals surface area contributed by atoms with Crippen LogP contribution in [0.2, 0.25) is 0 Å². The Morgan fingerprint density at radius 3 is 2.47 bits per heavy atom. The molecule has 1 heterocycles. The Kier molecular flexibility index (Phi) is 3.17. The van der Waals surface area contributed by atoms with Crippen LogP contribution in [0, 0.1) is 17.8 Å². The summed E-state index contributed by atoms with van der Waals surface area (Å²) in [4.78, 5) is 2.61. The minimum absolute atomic E-state index is 0.865. The SMILES string of the molecule is NCCCC1C2CN(Cc3ccccc3)CC12. The number of likely N-dealkylation sites (tertiary alicyclic amines) is 1. The smallest absolute Gasteiger partial charge is 0.0233 e. The second-order valence-electron chi connectivity index (χ2n) is 5.60. The molecular formula is C15H22N2. The Bertz CT molecular complexity index is 350. The number of hydrogen-bond donors (Lipinski definition) is 1. The van der Waals surface area contributed by atoms with Gasteiger partial charge in [-0.3, -0.25) is 4.90 Å². The third-order valence-electron chi connectivity index (χ3n) is 4.44. The van der Waals surface area contributed by atoms with Crippen LogP contribution < -0.4 is 5.73 Å². The molecule has 1 aliphatic carbocycles. The summed E-state index contributed by atoms with van der Waals surface area (Å²) in [5.74, 6) is 2.99. The quantitative estimate of drug-likeness (QED) is 0.839. The predicted octanol–water partition coefficient (Wildman–Crippen LogP) is 2.10. The first kappa shape index (κ1) is 11.2. The maximum atomic E-state index is 5.57. The van der Waals surface area contributed by atoms with Crippen LogP contribution in [0.1, 0.15) is 18.4 Å². The molecule has 2 N–H and O–H groups in total. The van der Waals surface area contributed by atoms with E-state index in [0.29, 0.717) is 0 Å². The lowest BCUT2D eigenvalue weighted by Gasteiger charge is -2.19. The fraction of sp³-hybridized carbons (Fsp3) is 0.600. The maximum absolute atomic E-state index is 5.57. The van der Waals surface area contributed by atoms with Crippen LogP contribution in [-0.4, -0.2) is 24.5 Å². The van der Waals surface area contributed by atoms with E-state index in [1.165, 1.54) is 31.5 Å². The van der Waals surface area contributed by atoms with Crippen molar-refractivity contribution >= 4 is 0 Å². The van der Waals surface area contributed by atoms with Crippen molar-refractivity contribution in [3.63, 3.8) is 0 Å². The summed E-state index contributed by atoms with van der Waals surface area (Å²) in [5, 5.41) is 0. The van der Waals surface area contributed by atoms with Gasteiger partial charge in [0, 0.05) is 19.6 Å². The van der Waals surface area contributed by atoms with Gasteiger partial charge in [0.1, 0.15) is 0 Å². The van der Waals surface area contributed by atoms with Gasteiger partial charge in [0.25, 0.3) is 0 Å². The number of nitrogens with two attached hydrogens (primary N) is 1. The zero-order valence-electron chi connectivity index (χ0n) is 10.4. The van der Waals surface area contributed by atoms with E-state index in [0.717, 1.165) is 30.8 Å². The molecule has 0 bridgehead atoms. The van der Waals surface area contributed by atoms with Gasteiger partial charge in [-0.1, -0.05) is 30.3 Å². The van der Waals surface area contributed by atoms with Crippen LogP contribution >= 0.6 is 0 Å². The summed E-state index contributed by atoms with van der Waals surface area (Å²) in [6.45, 7) is 4.63. The molecule has 0 spiro atoms.